The molecular formula is C13H15F2N. The summed E-state index contributed by atoms with van der Waals surface area (Å²) in [4.78, 5) is 0. The Morgan fingerprint density at radius 2 is 1.94 bits per heavy atom. The molecule has 86 valence electrons. The van der Waals surface area contributed by atoms with Crippen molar-refractivity contribution < 1.29 is 8.78 Å². The van der Waals surface area contributed by atoms with Gasteiger partial charge in [-0.05, 0) is 43.0 Å². The number of hydrogen-bond donors (Lipinski definition) is 1. The van der Waals surface area contributed by atoms with Gasteiger partial charge in [0.05, 0.1) is 0 Å². The van der Waals surface area contributed by atoms with Crippen LogP contribution in [0.15, 0.2) is 24.3 Å². The Morgan fingerprint density at radius 3 is 2.56 bits per heavy atom. The number of hydrogen-bond acceptors (Lipinski definition) is 1. The summed E-state index contributed by atoms with van der Waals surface area (Å²) in [6.45, 7) is 2.02. The van der Waals surface area contributed by atoms with Gasteiger partial charge < -0.3 is 5.32 Å². The minimum atomic E-state index is -0.526. The zero-order valence-electron chi connectivity index (χ0n) is 9.05. The molecule has 1 saturated heterocycles. The van der Waals surface area contributed by atoms with E-state index in [9.17, 15) is 8.78 Å². The molecule has 1 N–H and O–H groups in total. The molecule has 1 aromatic carbocycles. The lowest BCUT2D eigenvalue weighted by Crippen LogP contribution is -2.28. The van der Waals surface area contributed by atoms with Gasteiger partial charge in [0.2, 0.25) is 0 Å². The topological polar surface area (TPSA) is 12.0 Å². The second-order valence-corrected chi connectivity index (χ2v) is 4.17. The molecule has 0 bridgehead atoms. The summed E-state index contributed by atoms with van der Waals surface area (Å²) in [5.41, 5.74) is 0.586. The summed E-state index contributed by atoms with van der Waals surface area (Å²) >= 11 is 0. The van der Waals surface area contributed by atoms with Crippen LogP contribution < -0.4 is 5.32 Å². The van der Waals surface area contributed by atoms with E-state index in [0.29, 0.717) is 11.5 Å². The van der Waals surface area contributed by atoms with Crippen LogP contribution in [-0.2, 0) is 0 Å². The van der Waals surface area contributed by atoms with Gasteiger partial charge in [0.1, 0.15) is 11.6 Å². The Labute approximate surface area is 94.2 Å². The van der Waals surface area contributed by atoms with Crippen LogP contribution in [0.2, 0.25) is 0 Å². The summed E-state index contributed by atoms with van der Waals surface area (Å²) in [7, 11) is 0. The number of halogens is 2. The lowest BCUT2D eigenvalue weighted by molar-refractivity contribution is 0.439. The van der Waals surface area contributed by atoms with Crippen molar-refractivity contribution in [2.45, 2.75) is 12.8 Å². The highest BCUT2D eigenvalue weighted by molar-refractivity contribution is 5.49. The smallest absolute Gasteiger partial charge is 0.126 e. The zero-order valence-corrected chi connectivity index (χ0v) is 9.05. The van der Waals surface area contributed by atoms with Gasteiger partial charge in [0, 0.05) is 12.6 Å². The van der Waals surface area contributed by atoms with Gasteiger partial charge >= 0.3 is 0 Å². The van der Waals surface area contributed by atoms with Crippen LogP contribution in [0.25, 0.3) is 6.08 Å². The lowest BCUT2D eigenvalue weighted by atomic mass is 9.98. The van der Waals surface area contributed by atoms with E-state index in [2.05, 4.69) is 5.32 Å². The van der Waals surface area contributed by atoms with Gasteiger partial charge in [0.15, 0.2) is 0 Å². The SMILES string of the molecule is Fc1cc(F)cc(/C=C/C2CCCNC2)c1. The van der Waals surface area contributed by atoms with Crippen LogP contribution >= 0.6 is 0 Å². The molecule has 1 heterocycles. The molecule has 2 rings (SSSR count). The maximum Gasteiger partial charge on any atom is 0.126 e. The van der Waals surface area contributed by atoms with Crippen molar-refractivity contribution in [3.63, 3.8) is 0 Å². The third kappa shape index (κ3) is 3.14. The van der Waals surface area contributed by atoms with Gasteiger partial charge in [-0.1, -0.05) is 12.2 Å². The molecule has 0 radical (unpaired) electrons. The first-order chi connectivity index (χ1) is 7.74. The minimum Gasteiger partial charge on any atom is -0.316 e. The largest absolute Gasteiger partial charge is 0.316 e. The molecule has 16 heavy (non-hydrogen) atoms. The van der Waals surface area contributed by atoms with E-state index < -0.39 is 11.6 Å². The number of benzene rings is 1. The molecule has 1 atom stereocenters. The maximum atomic E-state index is 12.9. The van der Waals surface area contributed by atoms with Crippen molar-refractivity contribution in [3.8, 4) is 0 Å². The molecule has 1 aromatic rings. The average Bonchev–Trinajstić information content (AvgIpc) is 2.27. The van der Waals surface area contributed by atoms with E-state index in [4.69, 9.17) is 0 Å². The van der Waals surface area contributed by atoms with Gasteiger partial charge in [-0.2, -0.15) is 0 Å². The lowest BCUT2D eigenvalue weighted by Gasteiger charge is -2.19. The van der Waals surface area contributed by atoms with Gasteiger partial charge in [0.25, 0.3) is 0 Å². The summed E-state index contributed by atoms with van der Waals surface area (Å²) in [5, 5.41) is 3.29. The van der Waals surface area contributed by atoms with E-state index in [1.807, 2.05) is 6.08 Å². The second-order valence-electron chi connectivity index (χ2n) is 4.17. The predicted octanol–water partition coefficient (Wildman–Crippen LogP) is 2.98. The first kappa shape index (κ1) is 11.3. The molecule has 1 aliphatic heterocycles. The van der Waals surface area contributed by atoms with Crippen LogP contribution in [0.4, 0.5) is 8.78 Å². The van der Waals surface area contributed by atoms with Crippen molar-refractivity contribution in [2.24, 2.45) is 5.92 Å². The van der Waals surface area contributed by atoms with E-state index in [1.165, 1.54) is 12.1 Å². The molecule has 0 amide bonds. The second kappa shape index (κ2) is 5.21. The van der Waals surface area contributed by atoms with Gasteiger partial charge in [-0.15, -0.1) is 0 Å². The van der Waals surface area contributed by atoms with Crippen molar-refractivity contribution in [2.75, 3.05) is 13.1 Å². The summed E-state index contributed by atoms with van der Waals surface area (Å²) in [6, 6.07) is 3.57. The fourth-order valence-electron chi connectivity index (χ4n) is 1.96. The van der Waals surface area contributed by atoms with E-state index in [1.54, 1.807) is 6.08 Å². The van der Waals surface area contributed by atoms with Crippen molar-refractivity contribution in [1.82, 2.24) is 5.32 Å². The van der Waals surface area contributed by atoms with Crippen LogP contribution in [0.3, 0.4) is 0 Å². The molecule has 0 saturated carbocycles. The number of nitrogens with one attached hydrogen (secondary N) is 1. The Hall–Kier alpha value is -1.22. The highest BCUT2D eigenvalue weighted by Crippen LogP contribution is 2.15. The summed E-state index contributed by atoms with van der Waals surface area (Å²) in [6.07, 6.45) is 6.12. The average molecular weight is 223 g/mol. The van der Waals surface area contributed by atoms with Gasteiger partial charge in [-0.25, -0.2) is 8.78 Å². The monoisotopic (exact) mass is 223 g/mol. The Kier molecular flexibility index (Phi) is 3.67. The minimum absolute atomic E-state index is 0.472. The Balaban J connectivity index is 2.04. The van der Waals surface area contributed by atoms with E-state index in [0.717, 1.165) is 32.0 Å². The van der Waals surface area contributed by atoms with Crippen molar-refractivity contribution >= 4 is 6.08 Å². The molecular weight excluding hydrogens is 208 g/mol. The van der Waals surface area contributed by atoms with Gasteiger partial charge in [-0.3, -0.25) is 0 Å². The number of piperidine rings is 1. The summed E-state index contributed by atoms with van der Waals surface area (Å²) < 4.78 is 25.8. The molecule has 1 nitrogen and oxygen atoms in total. The van der Waals surface area contributed by atoms with Crippen LogP contribution in [0.1, 0.15) is 18.4 Å². The molecule has 1 fully saturated rings. The molecule has 1 unspecified atom stereocenters. The number of rotatable bonds is 2. The summed E-state index contributed by atoms with van der Waals surface area (Å²) in [5.74, 6) is -0.581. The standard InChI is InChI=1S/C13H15F2N/c14-12-6-11(7-13(15)8-12)4-3-10-2-1-5-16-9-10/h3-4,6-8,10,16H,1-2,5,9H2/b4-3+. The van der Waals surface area contributed by atoms with Crippen LogP contribution in [-0.4, -0.2) is 13.1 Å². The first-order valence-corrected chi connectivity index (χ1v) is 5.59. The quantitative estimate of drug-likeness (QED) is 0.812. The highest BCUT2D eigenvalue weighted by atomic mass is 19.1. The molecule has 0 aromatic heterocycles. The van der Waals surface area contributed by atoms with E-state index >= 15 is 0 Å². The third-order valence-electron chi connectivity index (χ3n) is 2.78. The molecule has 1 aliphatic rings. The first-order valence-electron chi connectivity index (χ1n) is 5.59. The molecule has 0 spiro atoms. The fraction of sp³-hybridized carbons (Fsp3) is 0.385. The zero-order chi connectivity index (χ0) is 11.4. The van der Waals surface area contributed by atoms with E-state index in [-0.39, 0.29) is 0 Å². The van der Waals surface area contributed by atoms with Crippen molar-refractivity contribution in [1.29, 1.82) is 0 Å². The fourth-order valence-corrected chi connectivity index (χ4v) is 1.96. The molecule has 0 aliphatic carbocycles. The maximum absolute atomic E-state index is 12.9. The third-order valence-corrected chi connectivity index (χ3v) is 2.78. The van der Waals surface area contributed by atoms with Crippen molar-refractivity contribution in [3.05, 3.63) is 41.5 Å². The predicted molar refractivity (Wildman–Crippen MR) is 61.0 cm³/mol. The van der Waals surface area contributed by atoms with Crippen LogP contribution in [0, 0.1) is 17.6 Å². The highest BCUT2D eigenvalue weighted by Gasteiger charge is 2.08. The normalized spacial score (nSPS) is 21.5. The van der Waals surface area contributed by atoms with Crippen LogP contribution in [0.5, 0.6) is 0 Å². The Morgan fingerprint density at radius 1 is 1.19 bits per heavy atom. The molecule has 3 heteroatoms. The Bertz CT molecular complexity index is 361.